The summed E-state index contributed by atoms with van der Waals surface area (Å²) in [6.07, 6.45) is 4.03. The number of aromatic amines is 1. The van der Waals surface area contributed by atoms with Crippen molar-refractivity contribution in [3.05, 3.63) is 35.5 Å². The lowest BCUT2D eigenvalue weighted by atomic mass is 10.1. The molecule has 0 amide bonds. The Labute approximate surface area is 129 Å². The van der Waals surface area contributed by atoms with Crippen LogP contribution in [0.3, 0.4) is 0 Å². The van der Waals surface area contributed by atoms with Crippen LogP contribution in [-0.4, -0.2) is 37.6 Å². The van der Waals surface area contributed by atoms with Gasteiger partial charge in [-0.05, 0) is 43.5 Å². The molecule has 0 aliphatic carbocycles. The van der Waals surface area contributed by atoms with Gasteiger partial charge in [0.2, 0.25) is 0 Å². The lowest BCUT2D eigenvalue weighted by molar-refractivity contribution is -0.161. The maximum absolute atomic E-state index is 11.5. The molecular weight excluding hydrogens is 282 g/mol. The van der Waals surface area contributed by atoms with E-state index in [0.717, 1.165) is 42.5 Å². The van der Waals surface area contributed by atoms with Gasteiger partial charge < -0.3 is 19.2 Å². The second-order valence-electron chi connectivity index (χ2n) is 5.51. The molecular formula is C17H21NO4. The number of nitrogens with one attached hydrogen (secondary N) is 1. The van der Waals surface area contributed by atoms with E-state index < -0.39 is 0 Å². The summed E-state index contributed by atoms with van der Waals surface area (Å²) >= 11 is 0. The minimum Gasteiger partial charge on any atom is -0.465 e. The van der Waals surface area contributed by atoms with Crippen LogP contribution in [0.1, 0.15) is 35.3 Å². The minimum atomic E-state index is -0.317. The Morgan fingerprint density at radius 2 is 2.27 bits per heavy atom. The molecule has 1 aromatic heterocycles. The van der Waals surface area contributed by atoms with Gasteiger partial charge >= 0.3 is 5.97 Å². The highest BCUT2D eigenvalue weighted by Crippen LogP contribution is 2.19. The second-order valence-corrected chi connectivity index (χ2v) is 5.51. The van der Waals surface area contributed by atoms with Crippen molar-refractivity contribution in [1.29, 1.82) is 0 Å². The van der Waals surface area contributed by atoms with E-state index in [1.165, 1.54) is 13.5 Å². The van der Waals surface area contributed by atoms with E-state index in [4.69, 9.17) is 14.2 Å². The minimum absolute atomic E-state index is 0.0518. The molecule has 22 heavy (non-hydrogen) atoms. The van der Waals surface area contributed by atoms with Gasteiger partial charge in [0.05, 0.1) is 19.3 Å². The standard InChI is InChI=1S/C17H21NO4/c1-20-17(19)12-5-6-15-13(10-12)11-14(18-15)7-9-22-16-4-2-3-8-21-16/h5-6,10-11,16,18H,2-4,7-9H2,1H3. The van der Waals surface area contributed by atoms with E-state index in [1.54, 1.807) is 6.07 Å². The number of esters is 1. The maximum Gasteiger partial charge on any atom is 0.337 e. The van der Waals surface area contributed by atoms with Crippen molar-refractivity contribution in [3.63, 3.8) is 0 Å². The molecule has 1 atom stereocenters. The summed E-state index contributed by atoms with van der Waals surface area (Å²) in [4.78, 5) is 14.9. The monoisotopic (exact) mass is 303 g/mol. The SMILES string of the molecule is COC(=O)c1ccc2[nH]c(CCOC3CCCCO3)cc2c1. The Balaban J connectivity index is 1.60. The molecule has 1 N–H and O–H groups in total. The van der Waals surface area contributed by atoms with Crippen molar-refractivity contribution < 1.29 is 19.0 Å². The fourth-order valence-corrected chi connectivity index (χ4v) is 2.72. The molecule has 1 fully saturated rings. The predicted molar refractivity (Wildman–Crippen MR) is 82.9 cm³/mol. The Morgan fingerprint density at radius 1 is 1.36 bits per heavy atom. The zero-order valence-corrected chi connectivity index (χ0v) is 12.8. The van der Waals surface area contributed by atoms with Gasteiger partial charge in [-0.1, -0.05) is 0 Å². The van der Waals surface area contributed by atoms with Crippen molar-refractivity contribution in [1.82, 2.24) is 4.98 Å². The number of hydrogen-bond acceptors (Lipinski definition) is 4. The first kappa shape index (κ1) is 15.1. The Hall–Kier alpha value is -1.85. The number of H-pyrrole nitrogens is 1. The Kier molecular flexibility index (Phi) is 4.75. The number of benzene rings is 1. The normalized spacial score (nSPS) is 18.5. The molecule has 1 aromatic carbocycles. The van der Waals surface area contributed by atoms with Gasteiger partial charge in [-0.25, -0.2) is 4.79 Å². The van der Waals surface area contributed by atoms with Crippen molar-refractivity contribution in [2.75, 3.05) is 20.3 Å². The summed E-state index contributed by atoms with van der Waals surface area (Å²) in [5, 5.41) is 1.01. The number of ether oxygens (including phenoxy) is 3. The van der Waals surface area contributed by atoms with E-state index in [2.05, 4.69) is 4.98 Å². The topological polar surface area (TPSA) is 60.6 Å². The number of hydrogen-bond donors (Lipinski definition) is 1. The molecule has 2 aromatic rings. The number of aromatic nitrogens is 1. The number of carbonyl (C=O) groups is 1. The molecule has 5 nitrogen and oxygen atoms in total. The lowest BCUT2D eigenvalue weighted by Crippen LogP contribution is -2.23. The number of carbonyl (C=O) groups excluding carboxylic acids is 1. The highest BCUT2D eigenvalue weighted by molar-refractivity contribution is 5.94. The number of fused-ring (bicyclic) bond motifs is 1. The van der Waals surface area contributed by atoms with E-state index in [9.17, 15) is 4.79 Å². The molecule has 0 spiro atoms. The summed E-state index contributed by atoms with van der Waals surface area (Å²) in [5.41, 5.74) is 2.66. The van der Waals surface area contributed by atoms with E-state index in [1.807, 2.05) is 18.2 Å². The largest absolute Gasteiger partial charge is 0.465 e. The fraction of sp³-hybridized carbons (Fsp3) is 0.471. The first-order valence-electron chi connectivity index (χ1n) is 7.69. The third-order valence-electron chi connectivity index (χ3n) is 3.91. The van der Waals surface area contributed by atoms with Crippen LogP contribution in [0, 0.1) is 0 Å². The van der Waals surface area contributed by atoms with Crippen molar-refractivity contribution in [2.45, 2.75) is 32.0 Å². The predicted octanol–water partition coefficient (Wildman–Crippen LogP) is 3.04. The van der Waals surface area contributed by atoms with Crippen LogP contribution in [0.15, 0.2) is 24.3 Å². The average molecular weight is 303 g/mol. The molecule has 2 heterocycles. The number of methoxy groups -OCH3 is 1. The van der Waals surface area contributed by atoms with Crippen molar-refractivity contribution in [2.24, 2.45) is 0 Å². The lowest BCUT2D eigenvalue weighted by Gasteiger charge is -2.22. The molecule has 118 valence electrons. The highest BCUT2D eigenvalue weighted by atomic mass is 16.7. The van der Waals surface area contributed by atoms with Gasteiger partial charge in [0.15, 0.2) is 6.29 Å². The molecule has 5 heteroatoms. The molecule has 1 aliphatic rings. The van der Waals surface area contributed by atoms with Crippen LogP contribution in [0.5, 0.6) is 0 Å². The van der Waals surface area contributed by atoms with E-state index in [0.29, 0.717) is 12.2 Å². The summed E-state index contributed by atoms with van der Waals surface area (Å²) in [5.74, 6) is -0.317. The molecule has 0 bridgehead atoms. The summed E-state index contributed by atoms with van der Waals surface area (Å²) < 4.78 is 16.0. The van der Waals surface area contributed by atoms with Crippen LogP contribution in [0.25, 0.3) is 10.9 Å². The first-order chi connectivity index (χ1) is 10.8. The quantitative estimate of drug-likeness (QED) is 0.862. The fourth-order valence-electron chi connectivity index (χ4n) is 2.72. The van der Waals surface area contributed by atoms with Gasteiger partial charge in [0, 0.05) is 29.6 Å². The third kappa shape index (κ3) is 3.48. The van der Waals surface area contributed by atoms with Crippen LogP contribution >= 0.6 is 0 Å². The van der Waals surface area contributed by atoms with Gasteiger partial charge in [-0.2, -0.15) is 0 Å². The molecule has 0 saturated carbocycles. The van der Waals surface area contributed by atoms with Gasteiger partial charge in [-0.15, -0.1) is 0 Å². The average Bonchev–Trinajstić information content (AvgIpc) is 2.97. The summed E-state index contributed by atoms with van der Waals surface area (Å²) in [7, 11) is 1.39. The Morgan fingerprint density at radius 3 is 3.05 bits per heavy atom. The van der Waals surface area contributed by atoms with Crippen LogP contribution < -0.4 is 0 Å². The molecule has 0 radical (unpaired) electrons. The number of rotatable bonds is 5. The molecule has 3 rings (SSSR count). The second kappa shape index (κ2) is 6.94. The molecule has 1 unspecified atom stereocenters. The van der Waals surface area contributed by atoms with Crippen molar-refractivity contribution >= 4 is 16.9 Å². The van der Waals surface area contributed by atoms with Crippen LogP contribution in [-0.2, 0) is 20.6 Å². The zero-order valence-electron chi connectivity index (χ0n) is 12.8. The van der Waals surface area contributed by atoms with E-state index >= 15 is 0 Å². The van der Waals surface area contributed by atoms with Crippen LogP contribution in [0.2, 0.25) is 0 Å². The summed E-state index contributed by atoms with van der Waals surface area (Å²) in [6.45, 7) is 1.43. The molecule has 1 aliphatic heterocycles. The van der Waals surface area contributed by atoms with Gasteiger partial charge in [-0.3, -0.25) is 0 Å². The van der Waals surface area contributed by atoms with E-state index in [-0.39, 0.29) is 12.3 Å². The van der Waals surface area contributed by atoms with Crippen molar-refractivity contribution in [3.8, 4) is 0 Å². The first-order valence-corrected chi connectivity index (χ1v) is 7.69. The molecule has 1 saturated heterocycles. The smallest absolute Gasteiger partial charge is 0.337 e. The third-order valence-corrected chi connectivity index (χ3v) is 3.91. The summed E-state index contributed by atoms with van der Waals surface area (Å²) in [6, 6.07) is 7.55. The van der Waals surface area contributed by atoms with Gasteiger partial charge in [0.1, 0.15) is 0 Å². The zero-order chi connectivity index (χ0) is 15.4. The van der Waals surface area contributed by atoms with Crippen LogP contribution in [0.4, 0.5) is 0 Å². The maximum atomic E-state index is 11.5. The van der Waals surface area contributed by atoms with Gasteiger partial charge in [0.25, 0.3) is 0 Å². The Bertz CT molecular complexity index is 643. The highest BCUT2D eigenvalue weighted by Gasteiger charge is 2.14.